The van der Waals surface area contributed by atoms with E-state index in [1.165, 1.54) is 0 Å². The monoisotopic (exact) mass is 312 g/mol. The lowest BCUT2D eigenvalue weighted by atomic mass is 10.0. The quantitative estimate of drug-likeness (QED) is 0.876. The molecule has 1 heterocycles. The molecule has 1 unspecified atom stereocenters. The van der Waals surface area contributed by atoms with Crippen LogP contribution in [-0.2, 0) is 14.8 Å². The highest BCUT2D eigenvalue weighted by atomic mass is 32.2. The second-order valence-corrected chi connectivity index (χ2v) is 7.34. The van der Waals surface area contributed by atoms with Crippen LogP contribution in [0.15, 0.2) is 11.0 Å². The van der Waals surface area contributed by atoms with Crippen molar-refractivity contribution in [1.82, 2.24) is 10.0 Å². The van der Waals surface area contributed by atoms with Crippen molar-refractivity contribution in [2.24, 2.45) is 0 Å². The molecule has 1 aromatic rings. The molecule has 0 aromatic heterocycles. The van der Waals surface area contributed by atoms with Gasteiger partial charge in [0.15, 0.2) is 0 Å². The summed E-state index contributed by atoms with van der Waals surface area (Å²) in [5.74, 6) is 0. The topological polar surface area (TPSA) is 67.4 Å². The number of aryl methyl sites for hydroxylation is 2. The Balaban J connectivity index is 2.23. The number of hydrogen-bond acceptors (Lipinski definition) is 4. The maximum atomic E-state index is 12.6. The van der Waals surface area contributed by atoms with Gasteiger partial charge >= 0.3 is 0 Å². The smallest absolute Gasteiger partial charge is 0.241 e. The first kappa shape index (κ1) is 16.4. The van der Waals surface area contributed by atoms with Crippen molar-refractivity contribution in [3.05, 3.63) is 28.3 Å². The van der Waals surface area contributed by atoms with Crippen LogP contribution in [0.4, 0.5) is 0 Å². The summed E-state index contributed by atoms with van der Waals surface area (Å²) in [5, 5.41) is 3.19. The Morgan fingerprint density at radius 3 is 2.38 bits per heavy atom. The van der Waals surface area contributed by atoms with Crippen LogP contribution in [0.5, 0.6) is 0 Å². The number of benzene rings is 1. The number of ether oxygens (including phenoxy) is 1. The highest BCUT2D eigenvalue weighted by Crippen LogP contribution is 2.25. The second kappa shape index (κ2) is 6.44. The Bertz CT molecular complexity index is 594. The van der Waals surface area contributed by atoms with Crippen LogP contribution in [-0.4, -0.2) is 40.8 Å². The normalized spacial score (nSPS) is 19.7. The number of hydrogen-bond donors (Lipinski definition) is 2. The molecule has 118 valence electrons. The van der Waals surface area contributed by atoms with Crippen molar-refractivity contribution >= 4 is 10.0 Å². The van der Waals surface area contributed by atoms with Gasteiger partial charge in [0.1, 0.15) is 0 Å². The molecule has 6 heteroatoms. The third-order valence-corrected chi connectivity index (χ3v) is 5.77. The lowest BCUT2D eigenvalue weighted by Crippen LogP contribution is -2.45. The maximum Gasteiger partial charge on any atom is 0.241 e. The van der Waals surface area contributed by atoms with Gasteiger partial charge < -0.3 is 10.1 Å². The fourth-order valence-corrected chi connectivity index (χ4v) is 4.29. The van der Waals surface area contributed by atoms with Crippen LogP contribution < -0.4 is 10.0 Å². The first-order valence-corrected chi connectivity index (χ1v) is 8.70. The molecule has 0 bridgehead atoms. The molecule has 0 radical (unpaired) electrons. The molecular weight excluding hydrogens is 288 g/mol. The van der Waals surface area contributed by atoms with Gasteiger partial charge in [0.2, 0.25) is 10.0 Å². The third kappa shape index (κ3) is 3.63. The molecule has 1 fully saturated rings. The number of nitrogens with one attached hydrogen (secondary N) is 2. The predicted molar refractivity (Wildman–Crippen MR) is 83.2 cm³/mol. The van der Waals surface area contributed by atoms with E-state index < -0.39 is 10.0 Å². The van der Waals surface area contributed by atoms with Crippen molar-refractivity contribution in [1.29, 1.82) is 0 Å². The first-order valence-electron chi connectivity index (χ1n) is 7.22. The number of sulfonamides is 1. The van der Waals surface area contributed by atoms with Crippen molar-refractivity contribution in [3.63, 3.8) is 0 Å². The zero-order valence-corrected chi connectivity index (χ0v) is 13.9. The summed E-state index contributed by atoms with van der Waals surface area (Å²) in [5.41, 5.74) is 3.62. The average molecular weight is 312 g/mol. The number of morpholine rings is 1. The van der Waals surface area contributed by atoms with Crippen molar-refractivity contribution in [2.75, 3.05) is 26.2 Å². The van der Waals surface area contributed by atoms with Gasteiger partial charge in [-0.2, -0.15) is 0 Å². The van der Waals surface area contributed by atoms with Crippen LogP contribution in [0, 0.1) is 27.7 Å². The van der Waals surface area contributed by atoms with Gasteiger partial charge in [0.05, 0.1) is 17.6 Å². The van der Waals surface area contributed by atoms with E-state index in [4.69, 9.17) is 4.74 Å². The fourth-order valence-electron chi connectivity index (χ4n) is 2.61. The van der Waals surface area contributed by atoms with E-state index in [9.17, 15) is 8.42 Å². The fraction of sp³-hybridized carbons (Fsp3) is 0.600. The predicted octanol–water partition coefficient (Wildman–Crippen LogP) is 1.19. The molecule has 0 saturated carbocycles. The molecule has 1 aromatic carbocycles. The van der Waals surface area contributed by atoms with E-state index >= 15 is 0 Å². The highest BCUT2D eigenvalue weighted by molar-refractivity contribution is 7.89. The lowest BCUT2D eigenvalue weighted by Gasteiger charge is -2.24. The zero-order valence-electron chi connectivity index (χ0n) is 13.1. The molecule has 2 rings (SSSR count). The first-order chi connectivity index (χ1) is 9.83. The Morgan fingerprint density at radius 2 is 1.86 bits per heavy atom. The lowest BCUT2D eigenvalue weighted by molar-refractivity contribution is 0.0324. The van der Waals surface area contributed by atoms with E-state index in [0.717, 1.165) is 28.8 Å². The molecule has 1 aliphatic heterocycles. The van der Waals surface area contributed by atoms with E-state index in [-0.39, 0.29) is 6.10 Å². The maximum absolute atomic E-state index is 12.6. The summed E-state index contributed by atoms with van der Waals surface area (Å²) in [6.45, 7) is 10.00. The molecule has 1 atom stereocenters. The van der Waals surface area contributed by atoms with Crippen molar-refractivity contribution in [2.45, 2.75) is 38.7 Å². The summed E-state index contributed by atoms with van der Waals surface area (Å²) in [7, 11) is -3.52. The molecule has 1 aliphatic rings. The largest absolute Gasteiger partial charge is 0.374 e. The molecule has 5 nitrogen and oxygen atoms in total. The van der Waals surface area contributed by atoms with Gasteiger partial charge in [-0.1, -0.05) is 6.07 Å². The zero-order chi connectivity index (χ0) is 15.6. The molecular formula is C15H24N2O3S. The van der Waals surface area contributed by atoms with Gasteiger partial charge in [-0.3, -0.25) is 0 Å². The Labute approximate surface area is 127 Å². The van der Waals surface area contributed by atoms with Gasteiger partial charge in [-0.15, -0.1) is 0 Å². The van der Waals surface area contributed by atoms with Crippen molar-refractivity contribution in [3.8, 4) is 0 Å². The van der Waals surface area contributed by atoms with Gasteiger partial charge in [-0.25, -0.2) is 13.1 Å². The minimum Gasteiger partial charge on any atom is -0.374 e. The summed E-state index contributed by atoms with van der Waals surface area (Å²) in [4.78, 5) is 0.406. The van der Waals surface area contributed by atoms with E-state index in [1.54, 1.807) is 0 Å². The SMILES string of the molecule is Cc1cc(C)c(C)c(S(=O)(=O)NCC2CNCCO2)c1C. The minimum absolute atomic E-state index is 0.111. The van der Waals surface area contributed by atoms with Crippen molar-refractivity contribution < 1.29 is 13.2 Å². The summed E-state index contributed by atoms with van der Waals surface area (Å²) >= 11 is 0. The Morgan fingerprint density at radius 1 is 1.24 bits per heavy atom. The molecule has 2 N–H and O–H groups in total. The molecule has 1 saturated heterocycles. The number of rotatable bonds is 4. The minimum atomic E-state index is -3.52. The molecule has 0 spiro atoms. The van der Waals surface area contributed by atoms with E-state index in [0.29, 0.717) is 24.6 Å². The third-order valence-electron chi connectivity index (χ3n) is 4.07. The Hall–Kier alpha value is -0.950. The standard InChI is InChI=1S/C15H24N2O3S/c1-10-7-11(2)13(4)15(12(10)3)21(18,19)17-9-14-8-16-5-6-20-14/h7,14,16-17H,5-6,8-9H2,1-4H3. The van der Waals surface area contributed by atoms with Crippen LogP contribution >= 0.6 is 0 Å². The Kier molecular flexibility index (Phi) is 5.03. The van der Waals surface area contributed by atoms with Crippen LogP contribution in [0.25, 0.3) is 0 Å². The van der Waals surface area contributed by atoms with E-state index in [1.807, 2.05) is 33.8 Å². The summed E-state index contributed by atoms with van der Waals surface area (Å²) in [6, 6.07) is 2.03. The van der Waals surface area contributed by atoms with Gasteiger partial charge in [0, 0.05) is 19.6 Å². The van der Waals surface area contributed by atoms with Crippen LogP contribution in [0.1, 0.15) is 22.3 Å². The molecule has 21 heavy (non-hydrogen) atoms. The summed E-state index contributed by atoms with van der Waals surface area (Å²) in [6.07, 6.45) is -0.111. The van der Waals surface area contributed by atoms with Gasteiger partial charge in [-0.05, 0) is 49.9 Å². The average Bonchev–Trinajstić information content (AvgIpc) is 2.44. The highest BCUT2D eigenvalue weighted by Gasteiger charge is 2.23. The second-order valence-electron chi connectivity index (χ2n) is 5.64. The van der Waals surface area contributed by atoms with E-state index in [2.05, 4.69) is 10.0 Å². The van der Waals surface area contributed by atoms with Crippen LogP contribution in [0.3, 0.4) is 0 Å². The molecule has 0 aliphatic carbocycles. The molecule has 0 amide bonds. The van der Waals surface area contributed by atoms with Gasteiger partial charge in [0.25, 0.3) is 0 Å². The summed E-state index contributed by atoms with van der Waals surface area (Å²) < 4.78 is 33.5. The van der Waals surface area contributed by atoms with Crippen LogP contribution in [0.2, 0.25) is 0 Å².